The first-order valence-electron chi connectivity index (χ1n) is 10.8. The van der Waals surface area contributed by atoms with Crippen molar-refractivity contribution in [2.24, 2.45) is 0 Å². The summed E-state index contributed by atoms with van der Waals surface area (Å²) in [4.78, 5) is 25.8. The molecule has 0 aliphatic carbocycles. The number of nitrogens with zero attached hydrogens (tertiary/aromatic N) is 2. The van der Waals surface area contributed by atoms with Crippen LogP contribution in [0.4, 0.5) is 19.8 Å². The lowest BCUT2D eigenvalue weighted by atomic mass is 10.0. The van der Waals surface area contributed by atoms with Gasteiger partial charge in [0.1, 0.15) is 17.5 Å². The van der Waals surface area contributed by atoms with E-state index in [1.165, 1.54) is 12.1 Å². The standard InChI is InChI=1S/C22H28FN5O5S/c1-5-31-20(29)25-19(34)24-18-16(13-6-8-14(23)9-7-13)17(26-27-18)15-12-28(10-11-32-15)21(30)33-22(2,3)4/h6-9,15H,5,10-12H2,1-4H3,(H3,24,25,26,27,29,34). The predicted octanol–water partition coefficient (Wildman–Crippen LogP) is 3.97. The molecule has 12 heteroatoms. The summed E-state index contributed by atoms with van der Waals surface area (Å²) in [5.41, 5.74) is 1.12. The fraction of sp³-hybridized carbons (Fsp3) is 0.455. The minimum absolute atomic E-state index is 0.0280. The van der Waals surface area contributed by atoms with Gasteiger partial charge in [-0.05, 0) is 57.6 Å². The van der Waals surface area contributed by atoms with Gasteiger partial charge in [0, 0.05) is 12.1 Å². The number of benzene rings is 1. The van der Waals surface area contributed by atoms with Gasteiger partial charge in [0.15, 0.2) is 10.9 Å². The maximum absolute atomic E-state index is 13.6. The average Bonchev–Trinajstić information content (AvgIpc) is 3.16. The van der Waals surface area contributed by atoms with Gasteiger partial charge in [0.25, 0.3) is 0 Å². The molecule has 3 rings (SSSR count). The van der Waals surface area contributed by atoms with Crippen molar-refractivity contribution in [3.05, 3.63) is 35.8 Å². The maximum Gasteiger partial charge on any atom is 0.413 e. The van der Waals surface area contributed by atoms with Crippen LogP contribution in [-0.2, 0) is 14.2 Å². The van der Waals surface area contributed by atoms with Gasteiger partial charge in [-0.1, -0.05) is 12.1 Å². The number of amides is 2. The van der Waals surface area contributed by atoms with Crippen LogP contribution < -0.4 is 10.6 Å². The summed E-state index contributed by atoms with van der Waals surface area (Å²) in [6, 6.07) is 5.82. The lowest BCUT2D eigenvalue weighted by Crippen LogP contribution is -2.44. The van der Waals surface area contributed by atoms with E-state index in [1.807, 2.05) is 0 Å². The third-order valence-electron chi connectivity index (χ3n) is 4.69. The molecule has 2 heterocycles. The predicted molar refractivity (Wildman–Crippen MR) is 127 cm³/mol. The zero-order valence-electron chi connectivity index (χ0n) is 19.4. The summed E-state index contributed by atoms with van der Waals surface area (Å²) >= 11 is 5.19. The van der Waals surface area contributed by atoms with Crippen LogP contribution in [-0.4, -0.2) is 64.3 Å². The van der Waals surface area contributed by atoms with Crippen molar-refractivity contribution in [3.63, 3.8) is 0 Å². The largest absolute Gasteiger partial charge is 0.450 e. The van der Waals surface area contributed by atoms with Crippen LogP contribution in [0.5, 0.6) is 0 Å². The van der Waals surface area contributed by atoms with Gasteiger partial charge in [-0.25, -0.2) is 14.0 Å². The van der Waals surface area contributed by atoms with Gasteiger partial charge in [0.2, 0.25) is 0 Å². The van der Waals surface area contributed by atoms with Crippen molar-refractivity contribution < 1.29 is 28.2 Å². The van der Waals surface area contributed by atoms with Crippen LogP contribution in [0.3, 0.4) is 0 Å². The zero-order valence-corrected chi connectivity index (χ0v) is 20.3. The number of ether oxygens (including phenoxy) is 3. The van der Waals surface area contributed by atoms with Gasteiger partial charge in [-0.15, -0.1) is 0 Å². The molecule has 184 valence electrons. The first kappa shape index (κ1) is 25.4. The molecule has 34 heavy (non-hydrogen) atoms. The molecule has 1 atom stereocenters. The van der Waals surface area contributed by atoms with Crippen LogP contribution in [0, 0.1) is 5.82 Å². The number of aromatic nitrogens is 2. The summed E-state index contributed by atoms with van der Waals surface area (Å²) < 4.78 is 29.8. The summed E-state index contributed by atoms with van der Waals surface area (Å²) in [6.07, 6.45) is -1.71. The number of anilines is 1. The molecule has 1 saturated heterocycles. The highest BCUT2D eigenvalue weighted by molar-refractivity contribution is 7.80. The number of carbonyl (C=O) groups excluding carboxylic acids is 2. The van der Waals surface area contributed by atoms with E-state index in [0.717, 1.165) is 0 Å². The van der Waals surface area contributed by atoms with E-state index in [9.17, 15) is 14.0 Å². The molecule has 0 saturated carbocycles. The Morgan fingerprint density at radius 1 is 1.32 bits per heavy atom. The Morgan fingerprint density at radius 3 is 2.68 bits per heavy atom. The molecule has 3 N–H and O–H groups in total. The number of aromatic amines is 1. The molecule has 0 radical (unpaired) electrons. The van der Waals surface area contributed by atoms with Crippen LogP contribution in [0.15, 0.2) is 24.3 Å². The second kappa shape index (κ2) is 10.8. The molecule has 10 nitrogen and oxygen atoms in total. The smallest absolute Gasteiger partial charge is 0.413 e. The molecule has 0 bridgehead atoms. The van der Waals surface area contributed by atoms with Crippen molar-refractivity contribution in [2.75, 3.05) is 31.6 Å². The lowest BCUT2D eigenvalue weighted by molar-refractivity contribution is -0.0445. The zero-order chi connectivity index (χ0) is 24.9. The van der Waals surface area contributed by atoms with Crippen LogP contribution in [0.2, 0.25) is 0 Å². The van der Waals surface area contributed by atoms with Gasteiger partial charge in [-0.3, -0.25) is 10.4 Å². The molecule has 1 aromatic carbocycles. The molecule has 1 aliphatic rings. The second-order valence-electron chi connectivity index (χ2n) is 8.45. The maximum atomic E-state index is 13.6. The van der Waals surface area contributed by atoms with E-state index >= 15 is 0 Å². The number of thiocarbonyl (C=S) groups is 1. The van der Waals surface area contributed by atoms with E-state index in [4.69, 9.17) is 26.4 Å². The van der Waals surface area contributed by atoms with E-state index in [-0.39, 0.29) is 24.9 Å². The summed E-state index contributed by atoms with van der Waals surface area (Å²) in [7, 11) is 0. The van der Waals surface area contributed by atoms with Crippen molar-refractivity contribution in [1.82, 2.24) is 20.4 Å². The van der Waals surface area contributed by atoms with E-state index in [2.05, 4.69) is 20.8 Å². The minimum atomic E-state index is -0.706. The van der Waals surface area contributed by atoms with Gasteiger partial charge in [-0.2, -0.15) is 5.10 Å². The number of H-pyrrole nitrogens is 1. The second-order valence-corrected chi connectivity index (χ2v) is 8.86. The van der Waals surface area contributed by atoms with Crippen molar-refractivity contribution in [2.45, 2.75) is 39.4 Å². The van der Waals surface area contributed by atoms with E-state index < -0.39 is 29.7 Å². The first-order chi connectivity index (χ1) is 16.1. The number of morpholine rings is 1. The summed E-state index contributed by atoms with van der Waals surface area (Å²) in [5.74, 6) is -0.103. The van der Waals surface area contributed by atoms with Gasteiger partial charge in [0.05, 0.1) is 25.5 Å². The van der Waals surface area contributed by atoms with E-state index in [0.29, 0.717) is 29.2 Å². The SMILES string of the molecule is CCOC(=O)NC(=S)Nc1n[nH]c(C2CN(C(=O)OC(C)(C)C)CCO2)c1-c1ccc(F)cc1. The summed E-state index contributed by atoms with van der Waals surface area (Å²) in [6.45, 7) is 8.15. The Balaban J connectivity index is 1.88. The topological polar surface area (TPSA) is 118 Å². The van der Waals surface area contributed by atoms with Gasteiger partial charge < -0.3 is 24.4 Å². The van der Waals surface area contributed by atoms with Crippen LogP contribution in [0.25, 0.3) is 11.1 Å². The Hall–Kier alpha value is -3.25. The van der Waals surface area contributed by atoms with Crippen LogP contribution >= 0.6 is 12.2 Å². The molecule has 0 spiro atoms. The normalized spacial score (nSPS) is 16.0. The molecule has 2 aromatic rings. The first-order valence-corrected chi connectivity index (χ1v) is 11.2. The average molecular weight is 494 g/mol. The molecular formula is C22H28FN5O5S. The third-order valence-corrected chi connectivity index (χ3v) is 4.89. The number of rotatable bonds is 4. The Bertz CT molecular complexity index is 1040. The number of carbonyl (C=O) groups is 2. The molecule has 1 aromatic heterocycles. The quantitative estimate of drug-likeness (QED) is 0.548. The number of alkyl carbamates (subject to hydrolysis) is 1. The fourth-order valence-corrected chi connectivity index (χ4v) is 3.48. The highest BCUT2D eigenvalue weighted by atomic mass is 32.1. The van der Waals surface area contributed by atoms with Crippen molar-refractivity contribution >= 4 is 35.3 Å². The highest BCUT2D eigenvalue weighted by Gasteiger charge is 2.32. The Labute approximate surface area is 202 Å². The Kier molecular flexibility index (Phi) is 8.05. The van der Waals surface area contributed by atoms with Crippen molar-refractivity contribution in [3.8, 4) is 11.1 Å². The molecule has 2 amide bonds. The molecule has 1 fully saturated rings. The third kappa shape index (κ3) is 6.64. The monoisotopic (exact) mass is 493 g/mol. The van der Waals surface area contributed by atoms with E-state index in [1.54, 1.807) is 44.7 Å². The fourth-order valence-electron chi connectivity index (χ4n) is 3.30. The number of hydrogen-bond acceptors (Lipinski definition) is 7. The molecular weight excluding hydrogens is 465 g/mol. The van der Waals surface area contributed by atoms with Crippen molar-refractivity contribution in [1.29, 1.82) is 0 Å². The molecule has 1 unspecified atom stereocenters. The lowest BCUT2D eigenvalue weighted by Gasteiger charge is -2.34. The summed E-state index contributed by atoms with van der Waals surface area (Å²) in [5, 5.41) is 12.5. The molecule has 1 aliphatic heterocycles. The van der Waals surface area contributed by atoms with Crippen LogP contribution in [0.1, 0.15) is 39.5 Å². The minimum Gasteiger partial charge on any atom is -0.450 e. The number of nitrogens with one attached hydrogen (secondary N) is 3. The highest BCUT2D eigenvalue weighted by Crippen LogP contribution is 2.36. The Morgan fingerprint density at radius 2 is 2.03 bits per heavy atom. The van der Waals surface area contributed by atoms with Gasteiger partial charge >= 0.3 is 12.2 Å². The number of halogens is 1. The number of hydrogen-bond donors (Lipinski definition) is 3.